The monoisotopic (exact) mass is 594 g/mol. The molecule has 2 aliphatic rings. The summed E-state index contributed by atoms with van der Waals surface area (Å²) in [4.78, 5) is 34.5. The van der Waals surface area contributed by atoms with Crippen molar-refractivity contribution in [1.29, 1.82) is 0 Å². The van der Waals surface area contributed by atoms with E-state index in [4.69, 9.17) is 10.5 Å². The topological polar surface area (TPSA) is 131 Å². The first kappa shape index (κ1) is 29.3. The standard InChI is InChI=1S/C33H38N8O3/c1-39-21-27(19-37-39)26-17-30(31(34)36-18-26)32(42)38-28-9-13-41(22-28)33(43)44-29-8-3-7-25(16-29)24-6-2-5-23(15-24)20-40-12-4-10-35-11-14-40/h2-3,5-8,15-19,21,28,35H,4,9-14,20,22H2,1H3,(H2,34,36)(H,38,42)/t28-/m1/s1. The maximum Gasteiger partial charge on any atom is 0.415 e. The van der Waals surface area contributed by atoms with Gasteiger partial charge in [0.2, 0.25) is 0 Å². The van der Waals surface area contributed by atoms with Crippen molar-refractivity contribution >= 4 is 17.8 Å². The Hall–Kier alpha value is -4.74. The molecule has 0 unspecified atom stereocenters. The van der Waals surface area contributed by atoms with Crippen LogP contribution in [0.3, 0.4) is 0 Å². The maximum absolute atomic E-state index is 13.1. The molecule has 1 atom stereocenters. The molecule has 11 heteroatoms. The van der Waals surface area contributed by atoms with Crippen LogP contribution in [0.15, 0.2) is 73.2 Å². The summed E-state index contributed by atoms with van der Waals surface area (Å²) in [6, 6.07) is 17.6. The number of pyridine rings is 1. The zero-order valence-corrected chi connectivity index (χ0v) is 24.9. The van der Waals surface area contributed by atoms with E-state index in [1.54, 1.807) is 34.1 Å². The lowest BCUT2D eigenvalue weighted by Crippen LogP contribution is -2.39. The highest BCUT2D eigenvalue weighted by Crippen LogP contribution is 2.26. The fraction of sp³-hybridized carbons (Fsp3) is 0.333. The van der Waals surface area contributed by atoms with E-state index in [2.05, 4.69) is 49.9 Å². The van der Waals surface area contributed by atoms with Gasteiger partial charge in [-0.3, -0.25) is 14.4 Å². The third-order valence-corrected chi connectivity index (χ3v) is 8.12. The Labute approximate surface area is 257 Å². The molecule has 6 rings (SSSR count). The van der Waals surface area contributed by atoms with Crippen LogP contribution in [0, 0.1) is 0 Å². The Morgan fingerprint density at radius 2 is 1.84 bits per heavy atom. The van der Waals surface area contributed by atoms with Gasteiger partial charge in [0.25, 0.3) is 5.91 Å². The molecule has 2 aromatic heterocycles. The number of rotatable bonds is 7. The van der Waals surface area contributed by atoms with Crippen LogP contribution < -0.4 is 21.1 Å². The lowest BCUT2D eigenvalue weighted by atomic mass is 10.0. The number of likely N-dealkylation sites (tertiary alicyclic amines) is 1. The minimum absolute atomic E-state index is 0.147. The van der Waals surface area contributed by atoms with Crippen molar-refractivity contribution in [3.8, 4) is 28.0 Å². The highest BCUT2D eigenvalue weighted by atomic mass is 16.6. The molecule has 44 heavy (non-hydrogen) atoms. The van der Waals surface area contributed by atoms with Crippen LogP contribution in [-0.4, -0.2) is 81.9 Å². The number of aryl methyl sites for hydroxylation is 1. The van der Waals surface area contributed by atoms with E-state index in [0.717, 1.165) is 61.4 Å². The second-order valence-corrected chi connectivity index (χ2v) is 11.4. The Bertz CT molecular complexity index is 1630. The summed E-state index contributed by atoms with van der Waals surface area (Å²) in [6.45, 7) is 5.95. The van der Waals surface area contributed by atoms with Gasteiger partial charge < -0.3 is 26.0 Å². The number of nitrogens with two attached hydrogens (primary N) is 1. The lowest BCUT2D eigenvalue weighted by molar-refractivity contribution is 0.0937. The van der Waals surface area contributed by atoms with Crippen molar-refractivity contribution in [3.05, 3.63) is 84.3 Å². The van der Waals surface area contributed by atoms with E-state index in [1.165, 1.54) is 5.56 Å². The maximum atomic E-state index is 13.1. The average molecular weight is 595 g/mol. The summed E-state index contributed by atoms with van der Waals surface area (Å²) < 4.78 is 7.45. The quantitative estimate of drug-likeness (QED) is 0.296. The molecule has 2 saturated heterocycles. The molecule has 0 bridgehead atoms. The van der Waals surface area contributed by atoms with Crippen molar-refractivity contribution < 1.29 is 14.3 Å². The first-order chi connectivity index (χ1) is 21.4. The molecule has 11 nitrogen and oxygen atoms in total. The van der Waals surface area contributed by atoms with Crippen LogP contribution in [0.25, 0.3) is 22.3 Å². The molecule has 2 amide bonds. The SMILES string of the molecule is Cn1cc(-c2cnc(N)c(C(=O)N[C@@H]3CCN(C(=O)Oc4cccc(-c5cccc(CN6CCCNCC6)c5)c4)C3)c2)cn1. The number of nitrogens with one attached hydrogen (secondary N) is 2. The number of hydrogen-bond donors (Lipinski definition) is 3. The van der Waals surface area contributed by atoms with Crippen molar-refractivity contribution in [2.75, 3.05) is 45.0 Å². The number of ether oxygens (including phenoxy) is 1. The van der Waals surface area contributed by atoms with E-state index in [9.17, 15) is 9.59 Å². The molecule has 228 valence electrons. The van der Waals surface area contributed by atoms with Gasteiger partial charge in [0.1, 0.15) is 11.6 Å². The molecular formula is C33H38N8O3. The predicted octanol–water partition coefficient (Wildman–Crippen LogP) is 3.53. The van der Waals surface area contributed by atoms with Crippen LogP contribution in [0.2, 0.25) is 0 Å². The highest BCUT2D eigenvalue weighted by molar-refractivity contribution is 5.99. The first-order valence-corrected chi connectivity index (χ1v) is 15.1. The van der Waals surface area contributed by atoms with Crippen LogP contribution in [0.1, 0.15) is 28.8 Å². The van der Waals surface area contributed by atoms with Gasteiger partial charge in [-0.05, 0) is 66.9 Å². The van der Waals surface area contributed by atoms with E-state index in [0.29, 0.717) is 25.3 Å². The van der Waals surface area contributed by atoms with Gasteiger partial charge in [-0.15, -0.1) is 0 Å². The van der Waals surface area contributed by atoms with Gasteiger partial charge >= 0.3 is 6.09 Å². The zero-order valence-electron chi connectivity index (χ0n) is 24.9. The van der Waals surface area contributed by atoms with Crippen molar-refractivity contribution in [2.24, 2.45) is 7.05 Å². The number of anilines is 1. The fourth-order valence-corrected chi connectivity index (χ4v) is 5.76. The summed E-state index contributed by atoms with van der Waals surface area (Å²) in [5, 5.41) is 10.6. The van der Waals surface area contributed by atoms with Gasteiger partial charge in [0, 0.05) is 69.3 Å². The zero-order chi connectivity index (χ0) is 30.5. The minimum atomic E-state index is -0.442. The molecule has 0 saturated carbocycles. The van der Waals surface area contributed by atoms with Gasteiger partial charge in [0.05, 0.1) is 11.8 Å². The van der Waals surface area contributed by atoms with Crippen LogP contribution in [0.5, 0.6) is 5.75 Å². The normalized spacial score (nSPS) is 17.3. The van der Waals surface area contributed by atoms with E-state index >= 15 is 0 Å². The van der Waals surface area contributed by atoms with Crippen LogP contribution in [-0.2, 0) is 13.6 Å². The van der Waals surface area contributed by atoms with Gasteiger partial charge in [-0.1, -0.05) is 30.3 Å². The number of aromatic nitrogens is 3. The largest absolute Gasteiger partial charge is 0.415 e. The molecule has 4 N–H and O–H groups in total. The highest BCUT2D eigenvalue weighted by Gasteiger charge is 2.29. The second-order valence-electron chi connectivity index (χ2n) is 11.4. The number of carbonyl (C=O) groups excluding carboxylic acids is 2. The van der Waals surface area contributed by atoms with Crippen LogP contribution >= 0.6 is 0 Å². The molecule has 4 heterocycles. The molecule has 0 aliphatic carbocycles. The summed E-state index contributed by atoms with van der Waals surface area (Å²) in [5.41, 5.74) is 11.2. The van der Waals surface area contributed by atoms with Crippen molar-refractivity contribution in [2.45, 2.75) is 25.4 Å². The molecule has 2 aliphatic heterocycles. The third kappa shape index (κ3) is 7.07. The predicted molar refractivity (Wildman–Crippen MR) is 169 cm³/mol. The van der Waals surface area contributed by atoms with Crippen LogP contribution in [0.4, 0.5) is 10.6 Å². The van der Waals surface area contributed by atoms with Gasteiger partial charge in [-0.25, -0.2) is 9.78 Å². The Kier molecular flexibility index (Phi) is 8.85. The molecule has 2 aromatic carbocycles. The van der Waals surface area contributed by atoms with E-state index < -0.39 is 6.09 Å². The number of carbonyl (C=O) groups is 2. The average Bonchev–Trinajstić information content (AvgIpc) is 3.60. The molecule has 0 spiro atoms. The smallest absolute Gasteiger partial charge is 0.410 e. The molecule has 0 radical (unpaired) electrons. The van der Waals surface area contributed by atoms with Gasteiger partial charge in [-0.2, -0.15) is 5.10 Å². The van der Waals surface area contributed by atoms with Crippen molar-refractivity contribution in [1.82, 2.24) is 35.2 Å². The fourth-order valence-electron chi connectivity index (χ4n) is 5.76. The second kappa shape index (κ2) is 13.3. The number of nitrogen functional groups attached to an aromatic ring is 1. The van der Waals surface area contributed by atoms with Gasteiger partial charge in [0.15, 0.2) is 0 Å². The molecular weight excluding hydrogens is 556 g/mol. The summed E-state index contributed by atoms with van der Waals surface area (Å²) in [6.07, 6.45) is 6.49. The Morgan fingerprint density at radius 3 is 2.68 bits per heavy atom. The molecule has 4 aromatic rings. The minimum Gasteiger partial charge on any atom is -0.410 e. The Balaban J connectivity index is 1.05. The third-order valence-electron chi connectivity index (χ3n) is 8.12. The van der Waals surface area contributed by atoms with E-state index in [-0.39, 0.29) is 23.3 Å². The first-order valence-electron chi connectivity index (χ1n) is 15.1. The number of amides is 2. The van der Waals surface area contributed by atoms with Crippen molar-refractivity contribution in [3.63, 3.8) is 0 Å². The Morgan fingerprint density at radius 1 is 1.00 bits per heavy atom. The molecule has 2 fully saturated rings. The lowest BCUT2D eigenvalue weighted by Gasteiger charge is -2.20. The van der Waals surface area contributed by atoms with E-state index in [1.807, 2.05) is 31.4 Å². The summed E-state index contributed by atoms with van der Waals surface area (Å²) >= 11 is 0. The number of nitrogens with zero attached hydrogens (tertiary/aromatic N) is 5. The summed E-state index contributed by atoms with van der Waals surface area (Å²) in [7, 11) is 1.82. The number of hydrogen-bond acceptors (Lipinski definition) is 8. The summed E-state index contributed by atoms with van der Waals surface area (Å²) in [5.74, 6) is 0.299. The number of benzene rings is 2.